The van der Waals surface area contributed by atoms with Gasteiger partial charge in [-0.2, -0.15) is 0 Å². The van der Waals surface area contributed by atoms with Crippen LogP contribution in [0.5, 0.6) is 11.5 Å². The molecule has 0 saturated carbocycles. The second kappa shape index (κ2) is 12.8. The molecule has 3 N–H and O–H groups in total. The maximum absolute atomic E-state index is 12.6. The van der Waals surface area contributed by atoms with Crippen LogP contribution in [0.1, 0.15) is 22.3 Å². The minimum atomic E-state index is -0.453. The van der Waals surface area contributed by atoms with Crippen molar-refractivity contribution in [2.45, 2.75) is 12.8 Å². The third kappa shape index (κ3) is 8.27. The summed E-state index contributed by atoms with van der Waals surface area (Å²) in [6.45, 7) is 0.592. The van der Waals surface area contributed by atoms with Gasteiger partial charge in [0.05, 0.1) is 5.56 Å². The van der Waals surface area contributed by atoms with Gasteiger partial charge in [0.25, 0.3) is 5.91 Å². The molecule has 0 atom stereocenters. The average Bonchev–Trinajstić information content (AvgIpc) is 2.85. The number of rotatable bonds is 9. The van der Waals surface area contributed by atoms with E-state index in [0.717, 1.165) is 11.3 Å². The quantitative estimate of drug-likeness (QED) is 0.256. The number of carbonyl (C=O) groups excluding carboxylic acids is 2. The maximum atomic E-state index is 12.6. The van der Waals surface area contributed by atoms with E-state index in [0.29, 0.717) is 24.3 Å². The number of carbonyl (C=O) groups is 2. The van der Waals surface area contributed by atoms with Gasteiger partial charge in [-0.1, -0.05) is 60.7 Å². The highest BCUT2D eigenvalue weighted by Crippen LogP contribution is 2.18. The molecule has 0 bridgehead atoms. The summed E-state index contributed by atoms with van der Waals surface area (Å²) in [5, 5.41) is 2.52. The molecule has 0 fully saturated rings. The van der Waals surface area contributed by atoms with Crippen LogP contribution in [-0.2, 0) is 11.2 Å². The maximum Gasteiger partial charge on any atom is 0.261 e. The minimum absolute atomic E-state index is 0.0183. The van der Waals surface area contributed by atoms with E-state index in [1.807, 2.05) is 60.7 Å². The lowest BCUT2D eigenvalue weighted by Gasteiger charge is -2.14. The second-order valence-corrected chi connectivity index (χ2v) is 7.36. The molecule has 0 saturated heterocycles. The third-order valence-electron chi connectivity index (χ3n) is 4.51. The van der Waals surface area contributed by atoms with Crippen LogP contribution in [0.2, 0.25) is 0 Å². The second-order valence-electron chi connectivity index (χ2n) is 6.95. The van der Waals surface area contributed by atoms with Crippen molar-refractivity contribution in [3.05, 3.63) is 96.1 Å². The van der Waals surface area contributed by atoms with Crippen LogP contribution in [0.15, 0.2) is 84.9 Å². The molecule has 0 heterocycles. The SMILES string of the molecule is O=C(CCc1ccccc1)NNC(=S)NC(=O)c1ccccc1OCCOc1ccccc1. The Morgan fingerprint density at radius 1 is 0.758 bits per heavy atom. The third-order valence-corrected chi connectivity index (χ3v) is 4.71. The Morgan fingerprint density at radius 2 is 1.39 bits per heavy atom. The monoisotopic (exact) mass is 463 g/mol. The van der Waals surface area contributed by atoms with E-state index >= 15 is 0 Å². The molecule has 0 aliphatic heterocycles. The fourth-order valence-electron chi connectivity index (χ4n) is 2.90. The lowest BCUT2D eigenvalue weighted by Crippen LogP contribution is -2.48. The van der Waals surface area contributed by atoms with E-state index in [9.17, 15) is 9.59 Å². The van der Waals surface area contributed by atoms with Crippen molar-refractivity contribution in [3.63, 3.8) is 0 Å². The van der Waals surface area contributed by atoms with Gasteiger partial charge in [-0.05, 0) is 48.5 Å². The summed E-state index contributed by atoms with van der Waals surface area (Å²) < 4.78 is 11.3. The largest absolute Gasteiger partial charge is 0.490 e. The van der Waals surface area contributed by atoms with Gasteiger partial charge in [-0.25, -0.2) is 0 Å². The summed E-state index contributed by atoms with van der Waals surface area (Å²) in [4.78, 5) is 24.6. The minimum Gasteiger partial charge on any atom is -0.490 e. The predicted octanol–water partition coefficient (Wildman–Crippen LogP) is 3.41. The van der Waals surface area contributed by atoms with Crippen molar-refractivity contribution in [1.29, 1.82) is 0 Å². The summed E-state index contributed by atoms with van der Waals surface area (Å²) in [5.41, 5.74) is 6.42. The first-order valence-corrected chi connectivity index (χ1v) is 10.9. The highest BCUT2D eigenvalue weighted by molar-refractivity contribution is 7.80. The van der Waals surface area contributed by atoms with Crippen molar-refractivity contribution < 1.29 is 19.1 Å². The number of thiocarbonyl (C=S) groups is 1. The van der Waals surface area contributed by atoms with Crippen molar-refractivity contribution in [3.8, 4) is 11.5 Å². The van der Waals surface area contributed by atoms with Gasteiger partial charge in [0.1, 0.15) is 24.7 Å². The zero-order chi connectivity index (χ0) is 23.3. The summed E-state index contributed by atoms with van der Waals surface area (Å²) in [5.74, 6) is 0.457. The first-order chi connectivity index (χ1) is 16.1. The molecule has 2 amide bonds. The van der Waals surface area contributed by atoms with Crippen LogP contribution >= 0.6 is 12.2 Å². The van der Waals surface area contributed by atoms with Gasteiger partial charge in [0, 0.05) is 6.42 Å². The van der Waals surface area contributed by atoms with E-state index in [4.69, 9.17) is 21.7 Å². The number of hydrazine groups is 1. The molecule has 33 heavy (non-hydrogen) atoms. The smallest absolute Gasteiger partial charge is 0.261 e. The van der Waals surface area contributed by atoms with Gasteiger partial charge in [0.2, 0.25) is 5.91 Å². The van der Waals surface area contributed by atoms with E-state index < -0.39 is 5.91 Å². The average molecular weight is 464 g/mol. The molecule has 8 heteroatoms. The number of amides is 2. The molecule has 0 unspecified atom stereocenters. The van der Waals surface area contributed by atoms with Gasteiger partial charge in [-0.3, -0.25) is 25.8 Å². The van der Waals surface area contributed by atoms with Crippen LogP contribution in [-0.4, -0.2) is 30.1 Å². The van der Waals surface area contributed by atoms with Crippen LogP contribution < -0.4 is 25.6 Å². The van der Waals surface area contributed by atoms with E-state index in [-0.39, 0.29) is 24.0 Å². The van der Waals surface area contributed by atoms with Gasteiger partial charge < -0.3 is 9.47 Å². The highest BCUT2D eigenvalue weighted by atomic mass is 32.1. The molecule has 3 aromatic rings. The van der Waals surface area contributed by atoms with Gasteiger partial charge in [0.15, 0.2) is 5.11 Å². The number of ether oxygens (including phenoxy) is 2. The number of nitrogens with one attached hydrogen (secondary N) is 3. The van der Waals surface area contributed by atoms with E-state index in [2.05, 4.69) is 16.2 Å². The lowest BCUT2D eigenvalue weighted by molar-refractivity contribution is -0.121. The number of hydrogen-bond donors (Lipinski definition) is 3. The molecule has 3 aromatic carbocycles. The summed E-state index contributed by atoms with van der Waals surface area (Å²) >= 11 is 5.11. The van der Waals surface area contributed by atoms with E-state index in [1.165, 1.54) is 0 Å². The predicted molar refractivity (Wildman–Crippen MR) is 130 cm³/mol. The number of aryl methyl sites for hydroxylation is 1. The molecule has 0 radical (unpaired) electrons. The number of benzene rings is 3. The molecule has 170 valence electrons. The molecule has 3 rings (SSSR count). The summed E-state index contributed by atoms with van der Waals surface area (Å²) in [7, 11) is 0. The fraction of sp³-hybridized carbons (Fsp3) is 0.160. The Hall–Kier alpha value is -3.91. The first kappa shape index (κ1) is 23.7. The standard InChI is InChI=1S/C25H25N3O4S/c29-23(16-15-19-9-3-1-4-10-19)27-28-25(33)26-24(30)21-13-7-8-14-22(21)32-18-17-31-20-11-5-2-6-12-20/h1-14H,15-18H2,(H,27,29)(H2,26,28,30,33). The highest BCUT2D eigenvalue weighted by Gasteiger charge is 2.14. The molecular formula is C25H25N3O4S. The number of hydrogen-bond acceptors (Lipinski definition) is 5. The Kier molecular flexibility index (Phi) is 9.23. The Balaban J connectivity index is 1.41. The number of para-hydroxylation sites is 2. The van der Waals surface area contributed by atoms with Crippen molar-refractivity contribution in [2.24, 2.45) is 0 Å². The Bertz CT molecular complexity index is 1060. The molecule has 0 aromatic heterocycles. The Labute approximate surface area is 198 Å². The molecule has 0 spiro atoms. The van der Waals surface area contributed by atoms with Crippen LogP contribution in [0.3, 0.4) is 0 Å². The normalized spacial score (nSPS) is 10.1. The molecular weight excluding hydrogens is 438 g/mol. The van der Waals surface area contributed by atoms with Crippen LogP contribution in [0, 0.1) is 0 Å². The van der Waals surface area contributed by atoms with Crippen LogP contribution in [0.4, 0.5) is 0 Å². The first-order valence-electron chi connectivity index (χ1n) is 10.5. The van der Waals surface area contributed by atoms with Gasteiger partial charge in [-0.15, -0.1) is 0 Å². The Morgan fingerprint density at radius 3 is 2.15 bits per heavy atom. The summed E-state index contributed by atoms with van der Waals surface area (Å²) in [6.07, 6.45) is 0.890. The van der Waals surface area contributed by atoms with Gasteiger partial charge >= 0.3 is 0 Å². The zero-order valence-electron chi connectivity index (χ0n) is 18.0. The lowest BCUT2D eigenvalue weighted by atomic mass is 10.1. The molecule has 0 aliphatic carbocycles. The van der Waals surface area contributed by atoms with Crippen molar-refractivity contribution in [1.82, 2.24) is 16.2 Å². The fourth-order valence-corrected chi connectivity index (χ4v) is 3.04. The topological polar surface area (TPSA) is 88.7 Å². The summed E-state index contributed by atoms with van der Waals surface area (Å²) in [6, 6.07) is 25.9. The van der Waals surface area contributed by atoms with Crippen molar-refractivity contribution >= 4 is 29.1 Å². The molecule has 0 aliphatic rings. The van der Waals surface area contributed by atoms with Crippen LogP contribution in [0.25, 0.3) is 0 Å². The van der Waals surface area contributed by atoms with Crippen molar-refractivity contribution in [2.75, 3.05) is 13.2 Å². The molecule has 7 nitrogen and oxygen atoms in total. The zero-order valence-corrected chi connectivity index (χ0v) is 18.8. The van der Waals surface area contributed by atoms with E-state index in [1.54, 1.807) is 24.3 Å².